The Kier molecular flexibility index (Phi) is 4.77. The summed E-state index contributed by atoms with van der Waals surface area (Å²) in [6.45, 7) is 2.87. The molecule has 0 spiro atoms. The second kappa shape index (κ2) is 7.49. The van der Waals surface area contributed by atoms with Crippen molar-refractivity contribution in [3.63, 3.8) is 0 Å². The quantitative estimate of drug-likeness (QED) is 0.627. The standard InChI is InChI=1S/C26H26FN3O/c1-25(15-16-28-24(31)26(13-14-26)20-5-3-2-4-6-20)12-11-23-19(17-25)18-29-30(23)22-9-7-21(27)8-10-22/h2-12,18H,13-17H2,1H3,(H,28,31). The fraction of sp³-hybridized carbons (Fsp3) is 0.308. The van der Waals surface area contributed by atoms with Crippen LogP contribution in [0.1, 0.15) is 43.0 Å². The summed E-state index contributed by atoms with van der Waals surface area (Å²) in [4.78, 5) is 12.9. The fourth-order valence-corrected chi connectivity index (χ4v) is 4.60. The molecule has 1 aromatic heterocycles. The minimum Gasteiger partial charge on any atom is -0.355 e. The summed E-state index contributed by atoms with van der Waals surface area (Å²) < 4.78 is 15.1. The maximum atomic E-state index is 13.2. The number of nitrogens with one attached hydrogen (secondary N) is 1. The topological polar surface area (TPSA) is 46.9 Å². The van der Waals surface area contributed by atoms with Gasteiger partial charge in [0, 0.05) is 6.54 Å². The van der Waals surface area contributed by atoms with Gasteiger partial charge in [0.15, 0.2) is 0 Å². The number of carbonyl (C=O) groups excluding carboxylic acids is 1. The molecule has 3 aromatic rings. The summed E-state index contributed by atoms with van der Waals surface area (Å²) >= 11 is 0. The second-order valence-corrected chi connectivity index (χ2v) is 9.06. The van der Waals surface area contributed by atoms with E-state index in [-0.39, 0.29) is 22.6 Å². The van der Waals surface area contributed by atoms with Crippen LogP contribution in [0.3, 0.4) is 0 Å². The number of benzene rings is 2. The molecule has 0 bridgehead atoms. The Bertz CT molecular complexity index is 1130. The number of fused-ring (bicyclic) bond motifs is 1. The normalized spacial score (nSPS) is 20.8. The zero-order valence-electron chi connectivity index (χ0n) is 17.6. The number of hydrogen-bond donors (Lipinski definition) is 1. The highest BCUT2D eigenvalue weighted by molar-refractivity contribution is 5.91. The molecule has 1 saturated carbocycles. The van der Waals surface area contributed by atoms with Gasteiger partial charge in [-0.15, -0.1) is 0 Å². The summed E-state index contributed by atoms with van der Waals surface area (Å²) in [5.74, 6) is -0.109. The monoisotopic (exact) mass is 415 g/mol. The van der Waals surface area contributed by atoms with Gasteiger partial charge in [-0.1, -0.05) is 43.3 Å². The molecule has 4 nitrogen and oxygen atoms in total. The number of amides is 1. The summed E-state index contributed by atoms with van der Waals surface area (Å²) in [6.07, 6.45) is 9.78. The highest BCUT2D eigenvalue weighted by atomic mass is 19.1. The zero-order chi connectivity index (χ0) is 21.5. The van der Waals surface area contributed by atoms with Gasteiger partial charge in [-0.25, -0.2) is 9.07 Å². The van der Waals surface area contributed by atoms with Crippen LogP contribution in [-0.2, 0) is 16.6 Å². The molecular weight excluding hydrogens is 389 g/mol. The number of allylic oxidation sites excluding steroid dienone is 1. The second-order valence-electron chi connectivity index (χ2n) is 9.06. The molecule has 1 N–H and O–H groups in total. The lowest BCUT2D eigenvalue weighted by atomic mass is 9.77. The van der Waals surface area contributed by atoms with Crippen LogP contribution in [0.4, 0.5) is 4.39 Å². The molecule has 1 fully saturated rings. The molecule has 1 heterocycles. The van der Waals surface area contributed by atoms with Crippen molar-refractivity contribution < 1.29 is 9.18 Å². The SMILES string of the molecule is CC1(CCNC(=O)C2(c3ccccc3)CC2)C=Cc2c(cnn2-c2ccc(F)cc2)C1. The van der Waals surface area contributed by atoms with E-state index in [4.69, 9.17) is 0 Å². The average Bonchev–Trinajstić information content (AvgIpc) is 3.50. The average molecular weight is 416 g/mol. The van der Waals surface area contributed by atoms with Crippen molar-refractivity contribution in [2.45, 2.75) is 38.0 Å². The van der Waals surface area contributed by atoms with Gasteiger partial charge in [0.2, 0.25) is 5.91 Å². The first-order valence-electron chi connectivity index (χ1n) is 10.9. The van der Waals surface area contributed by atoms with Crippen LogP contribution in [0.2, 0.25) is 0 Å². The van der Waals surface area contributed by atoms with Crippen molar-refractivity contribution in [1.29, 1.82) is 0 Å². The third-order valence-corrected chi connectivity index (χ3v) is 6.69. The number of aromatic nitrogens is 2. The van der Waals surface area contributed by atoms with Crippen molar-refractivity contribution in [3.05, 3.63) is 89.5 Å². The van der Waals surface area contributed by atoms with E-state index >= 15 is 0 Å². The molecule has 5 heteroatoms. The van der Waals surface area contributed by atoms with Crippen LogP contribution in [0.15, 0.2) is 66.9 Å². The highest BCUT2D eigenvalue weighted by Gasteiger charge is 2.51. The van der Waals surface area contributed by atoms with Crippen LogP contribution in [-0.4, -0.2) is 22.2 Å². The molecule has 1 atom stereocenters. The van der Waals surface area contributed by atoms with E-state index in [1.54, 1.807) is 12.1 Å². The number of hydrogen-bond acceptors (Lipinski definition) is 2. The molecule has 158 valence electrons. The molecule has 2 aliphatic carbocycles. The van der Waals surface area contributed by atoms with Gasteiger partial charge < -0.3 is 5.32 Å². The predicted octanol–water partition coefficient (Wildman–Crippen LogP) is 4.83. The van der Waals surface area contributed by atoms with Crippen molar-refractivity contribution in [1.82, 2.24) is 15.1 Å². The van der Waals surface area contributed by atoms with Crippen molar-refractivity contribution in [3.8, 4) is 5.69 Å². The molecular formula is C26H26FN3O. The van der Waals surface area contributed by atoms with Crippen LogP contribution < -0.4 is 5.32 Å². The lowest BCUT2D eigenvalue weighted by molar-refractivity contribution is -0.123. The van der Waals surface area contributed by atoms with Crippen molar-refractivity contribution in [2.24, 2.45) is 5.41 Å². The highest BCUT2D eigenvalue weighted by Crippen LogP contribution is 2.48. The van der Waals surface area contributed by atoms with Crippen LogP contribution in [0.25, 0.3) is 11.8 Å². The minimum absolute atomic E-state index is 0.0413. The maximum absolute atomic E-state index is 13.2. The summed E-state index contributed by atoms with van der Waals surface area (Å²) in [6, 6.07) is 16.5. The van der Waals surface area contributed by atoms with Gasteiger partial charge >= 0.3 is 0 Å². The fourth-order valence-electron chi connectivity index (χ4n) is 4.60. The van der Waals surface area contributed by atoms with E-state index in [0.29, 0.717) is 6.54 Å². The van der Waals surface area contributed by atoms with Gasteiger partial charge in [0.05, 0.1) is 23.0 Å². The molecule has 2 aliphatic rings. The molecule has 0 saturated heterocycles. The first kappa shape index (κ1) is 19.7. The summed E-state index contributed by atoms with van der Waals surface area (Å²) in [5, 5.41) is 7.71. The Morgan fingerprint density at radius 3 is 2.58 bits per heavy atom. The predicted molar refractivity (Wildman–Crippen MR) is 119 cm³/mol. The Morgan fingerprint density at radius 2 is 1.87 bits per heavy atom. The number of halogens is 1. The largest absolute Gasteiger partial charge is 0.355 e. The summed E-state index contributed by atoms with van der Waals surface area (Å²) in [7, 11) is 0. The van der Waals surface area contributed by atoms with Crippen LogP contribution in [0.5, 0.6) is 0 Å². The third kappa shape index (κ3) is 3.69. The van der Waals surface area contributed by atoms with Crippen molar-refractivity contribution in [2.75, 3.05) is 6.54 Å². The molecule has 1 unspecified atom stereocenters. The first-order chi connectivity index (χ1) is 15.0. The Labute approximate surface area is 181 Å². The smallest absolute Gasteiger partial charge is 0.230 e. The Hall–Kier alpha value is -3.21. The van der Waals surface area contributed by atoms with Gasteiger partial charge in [0.1, 0.15) is 5.82 Å². The first-order valence-corrected chi connectivity index (χ1v) is 10.9. The number of carbonyl (C=O) groups is 1. The van der Waals surface area contributed by atoms with E-state index in [1.807, 2.05) is 29.1 Å². The minimum atomic E-state index is -0.325. The Morgan fingerprint density at radius 1 is 1.13 bits per heavy atom. The van der Waals surface area contributed by atoms with Gasteiger partial charge in [-0.2, -0.15) is 5.10 Å². The molecule has 2 aromatic carbocycles. The molecule has 0 aliphatic heterocycles. The van der Waals surface area contributed by atoms with E-state index in [2.05, 4.69) is 41.6 Å². The van der Waals surface area contributed by atoms with E-state index < -0.39 is 0 Å². The third-order valence-electron chi connectivity index (χ3n) is 6.69. The van der Waals surface area contributed by atoms with Crippen LogP contribution >= 0.6 is 0 Å². The molecule has 31 heavy (non-hydrogen) atoms. The summed E-state index contributed by atoms with van der Waals surface area (Å²) in [5.41, 5.74) is 3.81. The van der Waals surface area contributed by atoms with Gasteiger partial charge in [-0.3, -0.25) is 4.79 Å². The van der Waals surface area contributed by atoms with E-state index in [0.717, 1.165) is 42.6 Å². The van der Waals surface area contributed by atoms with Crippen LogP contribution in [0, 0.1) is 11.2 Å². The van der Waals surface area contributed by atoms with Gasteiger partial charge in [0.25, 0.3) is 0 Å². The van der Waals surface area contributed by atoms with E-state index in [9.17, 15) is 9.18 Å². The maximum Gasteiger partial charge on any atom is 0.230 e. The molecule has 5 rings (SSSR count). The molecule has 0 radical (unpaired) electrons. The van der Waals surface area contributed by atoms with Crippen molar-refractivity contribution >= 4 is 12.0 Å². The van der Waals surface area contributed by atoms with Gasteiger partial charge in [-0.05, 0) is 72.6 Å². The lowest BCUT2D eigenvalue weighted by Crippen LogP contribution is -2.37. The van der Waals surface area contributed by atoms with E-state index in [1.165, 1.54) is 17.7 Å². The number of nitrogens with zero attached hydrogens (tertiary/aromatic N) is 2. The zero-order valence-corrected chi connectivity index (χ0v) is 17.6. The molecule has 1 amide bonds. The Balaban J connectivity index is 1.23. The lowest BCUT2D eigenvalue weighted by Gasteiger charge is -2.29. The number of rotatable bonds is 6.